The Balaban J connectivity index is 1.56. The normalized spacial score (nSPS) is 17.9. The molecule has 2 aromatic rings. The van der Waals surface area contributed by atoms with E-state index in [4.69, 9.17) is 9.97 Å². The minimum absolute atomic E-state index is 0.481. The molecule has 6 nitrogen and oxygen atoms in total. The highest BCUT2D eigenvalue weighted by molar-refractivity contribution is 5.74. The Kier molecular flexibility index (Phi) is 7.52. The molecule has 0 bridgehead atoms. The average molecular weight is 421 g/mol. The lowest BCUT2D eigenvalue weighted by Crippen LogP contribution is -2.24. The first-order valence-electron chi connectivity index (χ1n) is 11.9. The molecule has 0 unspecified atom stereocenters. The van der Waals surface area contributed by atoms with Crippen molar-refractivity contribution in [1.29, 1.82) is 0 Å². The molecule has 31 heavy (non-hydrogen) atoms. The van der Waals surface area contributed by atoms with Crippen LogP contribution in [0.5, 0.6) is 0 Å². The lowest BCUT2D eigenvalue weighted by molar-refractivity contribution is 0.370. The molecule has 0 amide bonds. The second-order valence-electron chi connectivity index (χ2n) is 8.89. The first-order valence-corrected chi connectivity index (χ1v) is 11.9. The number of anilines is 2. The number of nitrogens with one attached hydrogen (secondary N) is 2. The standard InChI is InChI=1S/C25H36N6/c1-3-4-14-26-25-28-18-22(24(30-25)29-21-8-6-5-7-9-21)23-11-10-20(17-27-23)19-12-15-31(2)16-13-19/h10-12,17-18,21H,3-9,13-16H2,1-2H3,(H2,26,28,29,30). The van der Waals surface area contributed by atoms with E-state index in [2.05, 4.69) is 52.7 Å². The van der Waals surface area contributed by atoms with Crippen LogP contribution in [0.3, 0.4) is 0 Å². The van der Waals surface area contributed by atoms with Crippen LogP contribution in [-0.4, -0.2) is 52.6 Å². The molecule has 2 aliphatic rings. The Morgan fingerprint density at radius 1 is 1.10 bits per heavy atom. The molecular formula is C25H36N6. The predicted octanol–water partition coefficient (Wildman–Crippen LogP) is 5.21. The van der Waals surface area contributed by atoms with Crippen molar-refractivity contribution < 1.29 is 0 Å². The van der Waals surface area contributed by atoms with Crippen molar-refractivity contribution in [3.63, 3.8) is 0 Å². The molecule has 0 aromatic carbocycles. The molecule has 1 aliphatic carbocycles. The Bertz CT molecular complexity index is 870. The Hall–Kier alpha value is -2.47. The molecule has 1 fully saturated rings. The largest absolute Gasteiger partial charge is 0.367 e. The summed E-state index contributed by atoms with van der Waals surface area (Å²) in [7, 11) is 2.16. The SMILES string of the molecule is CCCCNc1ncc(-c2ccc(C3=CCN(C)CC3)cn2)c(NC2CCCCC2)n1. The second-order valence-corrected chi connectivity index (χ2v) is 8.89. The average Bonchev–Trinajstić information content (AvgIpc) is 2.81. The molecule has 1 saturated carbocycles. The van der Waals surface area contributed by atoms with Crippen LogP contribution in [0, 0.1) is 0 Å². The minimum atomic E-state index is 0.481. The Morgan fingerprint density at radius 2 is 1.97 bits per heavy atom. The van der Waals surface area contributed by atoms with E-state index in [0.29, 0.717) is 12.0 Å². The number of rotatable bonds is 8. The van der Waals surface area contributed by atoms with Gasteiger partial charge in [-0.25, -0.2) is 4.98 Å². The summed E-state index contributed by atoms with van der Waals surface area (Å²) in [6.07, 6.45) is 15.9. The van der Waals surface area contributed by atoms with Crippen LogP contribution in [0.25, 0.3) is 16.8 Å². The third-order valence-electron chi connectivity index (χ3n) is 6.37. The lowest BCUT2D eigenvalue weighted by Gasteiger charge is -2.24. The molecule has 1 aliphatic heterocycles. The van der Waals surface area contributed by atoms with Gasteiger partial charge < -0.3 is 15.5 Å². The van der Waals surface area contributed by atoms with Gasteiger partial charge in [0.25, 0.3) is 0 Å². The molecule has 2 N–H and O–H groups in total. The van der Waals surface area contributed by atoms with E-state index in [-0.39, 0.29) is 0 Å². The van der Waals surface area contributed by atoms with Crippen LogP contribution in [-0.2, 0) is 0 Å². The van der Waals surface area contributed by atoms with Crippen LogP contribution >= 0.6 is 0 Å². The van der Waals surface area contributed by atoms with E-state index in [1.165, 1.54) is 43.2 Å². The highest BCUT2D eigenvalue weighted by Crippen LogP contribution is 2.30. The van der Waals surface area contributed by atoms with Gasteiger partial charge in [0.1, 0.15) is 5.82 Å². The molecule has 0 radical (unpaired) electrons. The molecule has 6 heteroatoms. The van der Waals surface area contributed by atoms with E-state index in [1.807, 2.05) is 12.4 Å². The summed E-state index contributed by atoms with van der Waals surface area (Å²) in [4.78, 5) is 16.6. The molecule has 166 valence electrons. The molecular weight excluding hydrogens is 384 g/mol. The molecule has 3 heterocycles. The van der Waals surface area contributed by atoms with Crippen LogP contribution in [0.15, 0.2) is 30.6 Å². The van der Waals surface area contributed by atoms with Gasteiger partial charge in [-0.05, 0) is 49.9 Å². The molecule has 0 spiro atoms. The molecule has 4 rings (SSSR count). The second kappa shape index (κ2) is 10.7. The van der Waals surface area contributed by atoms with Crippen molar-refractivity contribution >= 4 is 17.3 Å². The minimum Gasteiger partial charge on any atom is -0.367 e. The van der Waals surface area contributed by atoms with Gasteiger partial charge in [0, 0.05) is 38.1 Å². The van der Waals surface area contributed by atoms with E-state index in [1.54, 1.807) is 0 Å². The van der Waals surface area contributed by atoms with Gasteiger partial charge in [0.05, 0.1) is 11.3 Å². The molecule has 0 saturated heterocycles. The number of nitrogens with zero attached hydrogens (tertiary/aromatic N) is 4. The van der Waals surface area contributed by atoms with Crippen LogP contribution in [0.1, 0.15) is 63.9 Å². The fraction of sp³-hybridized carbons (Fsp3) is 0.560. The number of likely N-dealkylation sites (N-methyl/N-ethyl adjacent to an activating group) is 1. The van der Waals surface area contributed by atoms with Crippen LogP contribution in [0.2, 0.25) is 0 Å². The third kappa shape index (κ3) is 5.82. The van der Waals surface area contributed by atoms with Crippen LogP contribution in [0.4, 0.5) is 11.8 Å². The van der Waals surface area contributed by atoms with Crippen molar-refractivity contribution in [2.45, 2.75) is 64.3 Å². The maximum absolute atomic E-state index is 4.85. The first-order chi connectivity index (χ1) is 15.2. The number of pyridine rings is 1. The fourth-order valence-corrected chi connectivity index (χ4v) is 4.36. The molecule has 0 atom stereocenters. The highest BCUT2D eigenvalue weighted by Gasteiger charge is 2.18. The van der Waals surface area contributed by atoms with E-state index >= 15 is 0 Å². The molecule has 2 aromatic heterocycles. The topological polar surface area (TPSA) is 66.0 Å². The fourth-order valence-electron chi connectivity index (χ4n) is 4.36. The summed E-state index contributed by atoms with van der Waals surface area (Å²) < 4.78 is 0. The van der Waals surface area contributed by atoms with Gasteiger partial charge in [0.2, 0.25) is 5.95 Å². The summed E-state index contributed by atoms with van der Waals surface area (Å²) in [5, 5.41) is 7.08. The number of hydrogen-bond acceptors (Lipinski definition) is 6. The maximum Gasteiger partial charge on any atom is 0.224 e. The summed E-state index contributed by atoms with van der Waals surface area (Å²) >= 11 is 0. The van der Waals surface area contributed by atoms with Gasteiger partial charge in [0.15, 0.2) is 0 Å². The summed E-state index contributed by atoms with van der Waals surface area (Å²) in [5.74, 6) is 1.60. The van der Waals surface area contributed by atoms with E-state index in [9.17, 15) is 0 Å². The number of unbranched alkanes of at least 4 members (excludes halogenated alkanes) is 1. The monoisotopic (exact) mass is 420 g/mol. The van der Waals surface area contributed by atoms with E-state index < -0.39 is 0 Å². The van der Waals surface area contributed by atoms with Gasteiger partial charge >= 0.3 is 0 Å². The summed E-state index contributed by atoms with van der Waals surface area (Å²) in [6.45, 7) is 5.20. The van der Waals surface area contributed by atoms with Gasteiger partial charge in [-0.15, -0.1) is 0 Å². The quantitative estimate of drug-likeness (QED) is 0.571. The van der Waals surface area contributed by atoms with Crippen molar-refractivity contribution in [1.82, 2.24) is 19.9 Å². The zero-order valence-electron chi connectivity index (χ0n) is 19.0. The third-order valence-corrected chi connectivity index (χ3v) is 6.37. The van der Waals surface area contributed by atoms with Gasteiger partial charge in [-0.3, -0.25) is 4.98 Å². The van der Waals surface area contributed by atoms with Crippen molar-refractivity contribution in [3.05, 3.63) is 36.2 Å². The van der Waals surface area contributed by atoms with Crippen molar-refractivity contribution in [2.24, 2.45) is 0 Å². The highest BCUT2D eigenvalue weighted by atomic mass is 15.1. The number of hydrogen-bond donors (Lipinski definition) is 2. The lowest BCUT2D eigenvalue weighted by atomic mass is 9.95. The maximum atomic E-state index is 4.85. The zero-order valence-corrected chi connectivity index (χ0v) is 19.0. The summed E-state index contributed by atoms with van der Waals surface area (Å²) in [6, 6.07) is 4.79. The Labute approximate surface area is 186 Å². The van der Waals surface area contributed by atoms with Crippen molar-refractivity contribution in [2.75, 3.05) is 37.3 Å². The summed E-state index contributed by atoms with van der Waals surface area (Å²) in [5.41, 5.74) is 4.52. The van der Waals surface area contributed by atoms with Crippen LogP contribution < -0.4 is 10.6 Å². The van der Waals surface area contributed by atoms with Gasteiger partial charge in [-0.1, -0.05) is 44.7 Å². The van der Waals surface area contributed by atoms with E-state index in [0.717, 1.165) is 56.0 Å². The van der Waals surface area contributed by atoms with Crippen molar-refractivity contribution in [3.8, 4) is 11.3 Å². The zero-order chi connectivity index (χ0) is 21.5. The first kappa shape index (κ1) is 21.8. The number of aromatic nitrogens is 3. The van der Waals surface area contributed by atoms with Gasteiger partial charge in [-0.2, -0.15) is 4.98 Å². The smallest absolute Gasteiger partial charge is 0.224 e. The predicted molar refractivity (Wildman–Crippen MR) is 129 cm³/mol. The Morgan fingerprint density at radius 3 is 2.68 bits per heavy atom.